The van der Waals surface area contributed by atoms with Crippen molar-refractivity contribution in [2.75, 3.05) is 13.1 Å². The van der Waals surface area contributed by atoms with Gasteiger partial charge in [-0.05, 0) is 25.0 Å². The number of nitrogens with zero attached hydrogens (tertiary/aromatic N) is 2. The van der Waals surface area contributed by atoms with E-state index < -0.39 is 10.0 Å². The number of pyridine rings is 1. The molecule has 2 heterocycles. The molecule has 1 aromatic rings. The summed E-state index contributed by atoms with van der Waals surface area (Å²) >= 11 is 5.74. The van der Waals surface area contributed by atoms with E-state index in [1.807, 2.05) is 0 Å². The van der Waals surface area contributed by atoms with Crippen LogP contribution in [-0.4, -0.2) is 42.7 Å². The van der Waals surface area contributed by atoms with E-state index in [4.69, 9.17) is 11.6 Å². The first-order valence-corrected chi connectivity index (χ1v) is 8.10. The van der Waals surface area contributed by atoms with Crippen LogP contribution < -0.4 is 5.32 Å². The highest BCUT2D eigenvalue weighted by atomic mass is 35.5. The Balaban J connectivity index is 2.19. The average Bonchev–Trinajstić information content (AvgIpc) is 2.38. The maximum atomic E-state index is 12.5. The molecular formula is C12H16ClN3O3S. The maximum absolute atomic E-state index is 12.5. The summed E-state index contributed by atoms with van der Waals surface area (Å²) in [6, 6.07) is 2.61. The van der Waals surface area contributed by atoms with E-state index in [-0.39, 0.29) is 28.5 Å². The van der Waals surface area contributed by atoms with Crippen molar-refractivity contribution in [3.63, 3.8) is 0 Å². The molecule has 2 rings (SSSR count). The number of hydrogen-bond donors (Lipinski definition) is 1. The predicted molar refractivity (Wildman–Crippen MR) is 74.8 cm³/mol. The summed E-state index contributed by atoms with van der Waals surface area (Å²) in [5, 5.41) is 2.90. The summed E-state index contributed by atoms with van der Waals surface area (Å²) in [5.41, 5.74) is 0. The highest BCUT2D eigenvalue weighted by molar-refractivity contribution is 7.89. The third kappa shape index (κ3) is 3.47. The molecule has 0 spiro atoms. The molecule has 1 unspecified atom stereocenters. The molecular weight excluding hydrogens is 302 g/mol. The van der Waals surface area contributed by atoms with E-state index in [2.05, 4.69) is 10.3 Å². The quantitative estimate of drug-likeness (QED) is 0.844. The molecule has 0 aromatic carbocycles. The van der Waals surface area contributed by atoms with E-state index in [0.29, 0.717) is 13.0 Å². The second-order valence-corrected chi connectivity index (χ2v) is 7.04. The lowest BCUT2D eigenvalue weighted by atomic mass is 10.1. The number of carbonyl (C=O) groups excluding carboxylic acids is 1. The molecule has 1 amide bonds. The van der Waals surface area contributed by atoms with Gasteiger partial charge in [0.1, 0.15) is 5.15 Å². The fourth-order valence-electron chi connectivity index (χ4n) is 2.26. The van der Waals surface area contributed by atoms with Crippen LogP contribution in [0.5, 0.6) is 0 Å². The van der Waals surface area contributed by atoms with Gasteiger partial charge in [-0.3, -0.25) is 4.79 Å². The van der Waals surface area contributed by atoms with Crippen molar-refractivity contribution in [1.82, 2.24) is 14.6 Å². The monoisotopic (exact) mass is 317 g/mol. The van der Waals surface area contributed by atoms with Crippen LogP contribution in [0.4, 0.5) is 0 Å². The normalized spacial score (nSPS) is 20.6. The van der Waals surface area contributed by atoms with Crippen LogP contribution in [0.25, 0.3) is 0 Å². The van der Waals surface area contributed by atoms with E-state index in [1.165, 1.54) is 29.6 Å². The summed E-state index contributed by atoms with van der Waals surface area (Å²) < 4.78 is 26.4. The van der Waals surface area contributed by atoms with Crippen molar-refractivity contribution >= 4 is 27.5 Å². The molecule has 1 fully saturated rings. The van der Waals surface area contributed by atoms with Gasteiger partial charge in [0.05, 0.1) is 4.90 Å². The van der Waals surface area contributed by atoms with Gasteiger partial charge >= 0.3 is 0 Å². The van der Waals surface area contributed by atoms with Gasteiger partial charge in [0, 0.05) is 32.3 Å². The van der Waals surface area contributed by atoms with Crippen molar-refractivity contribution in [1.29, 1.82) is 0 Å². The molecule has 1 aliphatic rings. The Bertz CT molecular complexity index is 606. The molecule has 110 valence electrons. The number of amides is 1. The SMILES string of the molecule is CC(=O)NC1CCCN(S(=O)(=O)c2ccnc(Cl)c2)C1. The molecule has 6 nitrogen and oxygen atoms in total. The number of hydrogen-bond acceptors (Lipinski definition) is 4. The zero-order valence-corrected chi connectivity index (χ0v) is 12.6. The number of carbonyl (C=O) groups is 1. The lowest BCUT2D eigenvalue weighted by Gasteiger charge is -2.32. The van der Waals surface area contributed by atoms with Gasteiger partial charge < -0.3 is 5.32 Å². The van der Waals surface area contributed by atoms with Crippen LogP contribution >= 0.6 is 11.6 Å². The van der Waals surface area contributed by atoms with Crippen LogP contribution in [0.2, 0.25) is 5.15 Å². The minimum Gasteiger partial charge on any atom is -0.352 e. The Morgan fingerprint density at radius 2 is 2.30 bits per heavy atom. The van der Waals surface area contributed by atoms with Crippen LogP contribution in [0.1, 0.15) is 19.8 Å². The van der Waals surface area contributed by atoms with Crippen LogP contribution in [0.3, 0.4) is 0 Å². The molecule has 8 heteroatoms. The molecule has 0 saturated carbocycles. The number of piperidine rings is 1. The highest BCUT2D eigenvalue weighted by Gasteiger charge is 2.30. The van der Waals surface area contributed by atoms with Crippen molar-refractivity contribution in [2.45, 2.75) is 30.7 Å². The van der Waals surface area contributed by atoms with E-state index in [1.54, 1.807) is 0 Å². The van der Waals surface area contributed by atoms with Crippen molar-refractivity contribution in [3.05, 3.63) is 23.5 Å². The number of halogens is 1. The molecule has 0 aliphatic carbocycles. The summed E-state index contributed by atoms with van der Waals surface area (Å²) in [6.07, 6.45) is 2.86. The predicted octanol–water partition coefficient (Wildman–Crippen LogP) is 1.02. The highest BCUT2D eigenvalue weighted by Crippen LogP contribution is 2.22. The fraction of sp³-hybridized carbons (Fsp3) is 0.500. The molecule has 0 bridgehead atoms. The maximum Gasteiger partial charge on any atom is 0.243 e. The van der Waals surface area contributed by atoms with Gasteiger partial charge in [-0.1, -0.05) is 11.6 Å². The number of aromatic nitrogens is 1. The average molecular weight is 318 g/mol. The smallest absolute Gasteiger partial charge is 0.243 e. The summed E-state index contributed by atoms with van der Waals surface area (Å²) in [6.45, 7) is 2.15. The van der Waals surface area contributed by atoms with Gasteiger partial charge in [-0.2, -0.15) is 4.31 Å². The third-order valence-electron chi connectivity index (χ3n) is 3.13. The van der Waals surface area contributed by atoms with E-state index in [0.717, 1.165) is 6.42 Å². The summed E-state index contributed by atoms with van der Waals surface area (Å²) in [5.74, 6) is -0.152. The standard InChI is InChI=1S/C12H16ClN3O3S/c1-9(17)15-10-3-2-6-16(8-10)20(18,19)11-4-5-14-12(13)7-11/h4-5,7,10H,2-3,6,8H2,1H3,(H,15,17). The van der Waals surface area contributed by atoms with Gasteiger partial charge in [-0.15, -0.1) is 0 Å². The minimum atomic E-state index is -3.60. The summed E-state index contributed by atoms with van der Waals surface area (Å²) in [7, 11) is -3.60. The molecule has 1 aliphatic heterocycles. The van der Waals surface area contributed by atoms with Gasteiger partial charge in [0.15, 0.2) is 0 Å². The van der Waals surface area contributed by atoms with Crippen molar-refractivity contribution in [2.24, 2.45) is 0 Å². The van der Waals surface area contributed by atoms with Crippen molar-refractivity contribution < 1.29 is 13.2 Å². The molecule has 1 saturated heterocycles. The molecule has 0 radical (unpaired) electrons. The first-order chi connectivity index (χ1) is 9.39. The van der Waals surface area contributed by atoms with Crippen LogP contribution in [0, 0.1) is 0 Å². The van der Waals surface area contributed by atoms with Crippen LogP contribution in [0.15, 0.2) is 23.2 Å². The Morgan fingerprint density at radius 1 is 1.55 bits per heavy atom. The van der Waals surface area contributed by atoms with Gasteiger partial charge in [0.25, 0.3) is 0 Å². The molecule has 20 heavy (non-hydrogen) atoms. The Morgan fingerprint density at radius 3 is 2.95 bits per heavy atom. The van der Waals surface area contributed by atoms with E-state index in [9.17, 15) is 13.2 Å². The summed E-state index contributed by atoms with van der Waals surface area (Å²) in [4.78, 5) is 15.0. The molecule has 1 N–H and O–H groups in total. The molecule has 1 atom stereocenters. The fourth-order valence-corrected chi connectivity index (χ4v) is 4.04. The first kappa shape index (κ1) is 15.2. The lowest BCUT2D eigenvalue weighted by Crippen LogP contribution is -2.49. The lowest BCUT2D eigenvalue weighted by molar-refractivity contribution is -0.119. The number of rotatable bonds is 3. The van der Waals surface area contributed by atoms with Crippen molar-refractivity contribution in [3.8, 4) is 0 Å². The largest absolute Gasteiger partial charge is 0.352 e. The van der Waals surface area contributed by atoms with E-state index >= 15 is 0 Å². The Kier molecular flexibility index (Phi) is 4.62. The van der Waals surface area contributed by atoms with Gasteiger partial charge in [-0.25, -0.2) is 13.4 Å². The van der Waals surface area contributed by atoms with Gasteiger partial charge in [0.2, 0.25) is 15.9 Å². The third-order valence-corrected chi connectivity index (χ3v) is 5.20. The second-order valence-electron chi connectivity index (χ2n) is 4.72. The Hall–Kier alpha value is -1.18. The first-order valence-electron chi connectivity index (χ1n) is 6.28. The zero-order valence-electron chi connectivity index (χ0n) is 11.0. The Labute approximate surface area is 123 Å². The molecule has 1 aromatic heterocycles. The van der Waals surface area contributed by atoms with Crippen LogP contribution in [-0.2, 0) is 14.8 Å². The number of sulfonamides is 1. The topological polar surface area (TPSA) is 79.4 Å². The zero-order chi connectivity index (χ0) is 14.8. The minimum absolute atomic E-state index is 0.126. The second kappa shape index (κ2) is 6.07. The number of nitrogens with one attached hydrogen (secondary N) is 1.